The van der Waals surface area contributed by atoms with Crippen molar-refractivity contribution in [1.29, 1.82) is 0 Å². The minimum atomic E-state index is -0.865. The molecule has 0 fully saturated rings. The van der Waals surface area contributed by atoms with Crippen molar-refractivity contribution in [3.05, 3.63) is 17.5 Å². The normalized spacial score (nSPS) is 10.2. The Kier molecular flexibility index (Phi) is 4.22. The average Bonchev–Trinajstić information content (AvgIpc) is 2.14. The number of nitrogens with zero attached hydrogens (tertiary/aromatic N) is 3. The molecule has 88 valence electrons. The van der Waals surface area contributed by atoms with E-state index in [1.807, 2.05) is 26.8 Å². The molecule has 0 radical (unpaired) electrons. The minimum Gasteiger partial charge on any atom is -0.480 e. The van der Waals surface area contributed by atoms with Crippen LogP contribution in [0.15, 0.2) is 6.07 Å². The number of aryl methyl sites for hydroxylation is 2. The third kappa shape index (κ3) is 3.49. The SMILES string of the molecule is CCCN(CC(=O)O)c1nc(C)cc(C)n1. The second-order valence-electron chi connectivity index (χ2n) is 3.77. The molecule has 5 nitrogen and oxygen atoms in total. The van der Waals surface area contributed by atoms with Gasteiger partial charge < -0.3 is 10.0 Å². The second-order valence-corrected chi connectivity index (χ2v) is 3.77. The molecule has 0 saturated heterocycles. The van der Waals surface area contributed by atoms with Crippen molar-refractivity contribution in [1.82, 2.24) is 9.97 Å². The average molecular weight is 223 g/mol. The van der Waals surface area contributed by atoms with Crippen LogP contribution < -0.4 is 4.90 Å². The van der Waals surface area contributed by atoms with E-state index in [4.69, 9.17) is 5.11 Å². The maximum absolute atomic E-state index is 10.7. The highest BCUT2D eigenvalue weighted by Gasteiger charge is 2.13. The van der Waals surface area contributed by atoms with Gasteiger partial charge in [0.05, 0.1) is 0 Å². The molecule has 0 aromatic carbocycles. The van der Waals surface area contributed by atoms with Crippen LogP contribution in [0.25, 0.3) is 0 Å². The van der Waals surface area contributed by atoms with Crippen molar-refractivity contribution in [3.8, 4) is 0 Å². The lowest BCUT2D eigenvalue weighted by molar-refractivity contribution is -0.135. The Morgan fingerprint density at radius 1 is 1.38 bits per heavy atom. The third-order valence-corrected chi connectivity index (χ3v) is 2.07. The molecular weight excluding hydrogens is 206 g/mol. The predicted octanol–water partition coefficient (Wildman–Crippen LogP) is 1.39. The Bertz CT molecular complexity index is 359. The number of carboxylic acid groups (broad SMARTS) is 1. The lowest BCUT2D eigenvalue weighted by Gasteiger charge is -2.20. The summed E-state index contributed by atoms with van der Waals surface area (Å²) in [5, 5.41) is 8.81. The van der Waals surface area contributed by atoms with E-state index in [1.165, 1.54) is 0 Å². The van der Waals surface area contributed by atoms with Gasteiger partial charge in [-0.1, -0.05) is 6.92 Å². The molecule has 0 spiro atoms. The number of aromatic nitrogens is 2. The summed E-state index contributed by atoms with van der Waals surface area (Å²) in [5.41, 5.74) is 1.71. The molecule has 5 heteroatoms. The van der Waals surface area contributed by atoms with Gasteiger partial charge in [-0.2, -0.15) is 0 Å². The van der Waals surface area contributed by atoms with Crippen LogP contribution in [0, 0.1) is 13.8 Å². The largest absolute Gasteiger partial charge is 0.480 e. The second kappa shape index (κ2) is 5.44. The fraction of sp³-hybridized carbons (Fsp3) is 0.545. The van der Waals surface area contributed by atoms with E-state index >= 15 is 0 Å². The third-order valence-electron chi connectivity index (χ3n) is 2.07. The summed E-state index contributed by atoms with van der Waals surface area (Å²) in [5.74, 6) is -0.363. The van der Waals surface area contributed by atoms with Gasteiger partial charge in [-0.25, -0.2) is 9.97 Å². The molecule has 0 aliphatic carbocycles. The zero-order chi connectivity index (χ0) is 12.1. The van der Waals surface area contributed by atoms with Gasteiger partial charge in [0.1, 0.15) is 6.54 Å². The van der Waals surface area contributed by atoms with Gasteiger partial charge in [-0.05, 0) is 26.3 Å². The van der Waals surface area contributed by atoms with Gasteiger partial charge in [0, 0.05) is 17.9 Å². The zero-order valence-corrected chi connectivity index (χ0v) is 9.90. The molecular formula is C11H17N3O2. The fourth-order valence-corrected chi connectivity index (χ4v) is 1.53. The highest BCUT2D eigenvalue weighted by Crippen LogP contribution is 2.10. The van der Waals surface area contributed by atoms with Crippen LogP contribution >= 0.6 is 0 Å². The minimum absolute atomic E-state index is 0.0588. The summed E-state index contributed by atoms with van der Waals surface area (Å²) in [6.07, 6.45) is 0.865. The Morgan fingerprint density at radius 2 is 1.94 bits per heavy atom. The van der Waals surface area contributed by atoms with E-state index in [0.29, 0.717) is 12.5 Å². The van der Waals surface area contributed by atoms with Crippen molar-refractivity contribution < 1.29 is 9.90 Å². The molecule has 1 N–H and O–H groups in total. The molecule has 0 saturated carbocycles. The summed E-state index contributed by atoms with van der Waals surface area (Å²) in [6.45, 7) is 6.34. The van der Waals surface area contributed by atoms with E-state index in [9.17, 15) is 4.79 Å². The van der Waals surface area contributed by atoms with Crippen molar-refractivity contribution in [3.63, 3.8) is 0 Å². The molecule has 0 atom stereocenters. The van der Waals surface area contributed by atoms with Gasteiger partial charge in [-0.15, -0.1) is 0 Å². The smallest absolute Gasteiger partial charge is 0.323 e. The Balaban J connectivity index is 2.95. The molecule has 1 aromatic rings. The number of carboxylic acids is 1. The highest BCUT2D eigenvalue weighted by atomic mass is 16.4. The first-order valence-electron chi connectivity index (χ1n) is 5.32. The van der Waals surface area contributed by atoms with Crippen LogP contribution in [0.1, 0.15) is 24.7 Å². The van der Waals surface area contributed by atoms with Gasteiger partial charge in [0.25, 0.3) is 0 Å². The van der Waals surface area contributed by atoms with Crippen LogP contribution in [0.3, 0.4) is 0 Å². The predicted molar refractivity (Wildman–Crippen MR) is 61.6 cm³/mol. The van der Waals surface area contributed by atoms with E-state index in [0.717, 1.165) is 17.8 Å². The fourth-order valence-electron chi connectivity index (χ4n) is 1.53. The van der Waals surface area contributed by atoms with E-state index in [-0.39, 0.29) is 6.54 Å². The lowest BCUT2D eigenvalue weighted by Crippen LogP contribution is -2.32. The number of hydrogen-bond acceptors (Lipinski definition) is 4. The van der Waals surface area contributed by atoms with Crippen molar-refractivity contribution in [2.24, 2.45) is 0 Å². The molecule has 0 aliphatic heterocycles. The summed E-state index contributed by atoms with van der Waals surface area (Å²) < 4.78 is 0. The van der Waals surface area contributed by atoms with Crippen LogP contribution in [0.2, 0.25) is 0 Å². The zero-order valence-electron chi connectivity index (χ0n) is 9.90. The Hall–Kier alpha value is -1.65. The van der Waals surface area contributed by atoms with Gasteiger partial charge in [0.15, 0.2) is 0 Å². The Labute approximate surface area is 95.1 Å². The lowest BCUT2D eigenvalue weighted by atomic mass is 10.3. The molecule has 16 heavy (non-hydrogen) atoms. The van der Waals surface area contributed by atoms with Gasteiger partial charge in [-0.3, -0.25) is 4.79 Å². The first-order valence-corrected chi connectivity index (χ1v) is 5.32. The Morgan fingerprint density at radius 3 is 2.38 bits per heavy atom. The molecule has 1 heterocycles. The van der Waals surface area contributed by atoms with Crippen molar-refractivity contribution in [2.75, 3.05) is 18.0 Å². The number of anilines is 1. The topological polar surface area (TPSA) is 66.3 Å². The highest BCUT2D eigenvalue weighted by molar-refractivity contribution is 5.72. The van der Waals surface area contributed by atoms with Gasteiger partial charge >= 0.3 is 5.97 Å². The summed E-state index contributed by atoms with van der Waals surface area (Å²) in [7, 11) is 0. The molecule has 0 bridgehead atoms. The van der Waals surface area contributed by atoms with Crippen LogP contribution in [-0.4, -0.2) is 34.1 Å². The van der Waals surface area contributed by atoms with E-state index in [1.54, 1.807) is 4.90 Å². The summed E-state index contributed by atoms with van der Waals surface area (Å²) in [6, 6.07) is 1.87. The van der Waals surface area contributed by atoms with Crippen LogP contribution in [0.4, 0.5) is 5.95 Å². The number of rotatable bonds is 5. The molecule has 1 rings (SSSR count). The van der Waals surface area contributed by atoms with E-state index < -0.39 is 5.97 Å². The van der Waals surface area contributed by atoms with Crippen LogP contribution in [0.5, 0.6) is 0 Å². The molecule has 0 unspecified atom stereocenters. The first-order chi connectivity index (χ1) is 7.52. The van der Waals surface area contributed by atoms with Gasteiger partial charge in [0.2, 0.25) is 5.95 Å². The van der Waals surface area contributed by atoms with Crippen molar-refractivity contribution in [2.45, 2.75) is 27.2 Å². The quantitative estimate of drug-likeness (QED) is 0.817. The maximum Gasteiger partial charge on any atom is 0.323 e. The summed E-state index contributed by atoms with van der Waals surface area (Å²) in [4.78, 5) is 20.9. The summed E-state index contributed by atoms with van der Waals surface area (Å²) >= 11 is 0. The standard InChI is InChI=1S/C11H17N3O2/c1-4-5-14(7-10(15)16)11-12-8(2)6-9(3)13-11/h6H,4-5,7H2,1-3H3,(H,15,16). The first kappa shape index (κ1) is 12.4. The number of hydrogen-bond donors (Lipinski definition) is 1. The van der Waals surface area contributed by atoms with E-state index in [2.05, 4.69) is 9.97 Å². The van der Waals surface area contributed by atoms with Crippen molar-refractivity contribution >= 4 is 11.9 Å². The number of aliphatic carboxylic acids is 1. The monoisotopic (exact) mass is 223 g/mol. The van der Waals surface area contributed by atoms with Crippen LogP contribution in [-0.2, 0) is 4.79 Å². The molecule has 0 aliphatic rings. The molecule has 0 amide bonds. The number of carbonyl (C=O) groups is 1. The maximum atomic E-state index is 10.7. The molecule has 1 aromatic heterocycles.